The van der Waals surface area contributed by atoms with Crippen LogP contribution in [0.15, 0.2) is 96.1 Å². The van der Waals surface area contributed by atoms with Crippen LogP contribution in [0.2, 0.25) is 5.02 Å². The highest BCUT2D eigenvalue weighted by Gasteiger charge is 2.61. The van der Waals surface area contributed by atoms with Gasteiger partial charge in [-0.3, -0.25) is 9.59 Å². The summed E-state index contributed by atoms with van der Waals surface area (Å²) in [4.78, 5) is 27.6. The Kier molecular flexibility index (Phi) is 6.36. The first-order chi connectivity index (χ1) is 20.1. The Morgan fingerprint density at radius 1 is 0.756 bits per heavy atom. The number of amides is 2. The van der Waals surface area contributed by atoms with Gasteiger partial charge in [0.25, 0.3) is 11.8 Å². The molecule has 0 aromatic heterocycles. The molecule has 0 saturated carbocycles. The Labute approximate surface area is 243 Å². The quantitative estimate of drug-likeness (QED) is 0.189. The molecule has 0 radical (unpaired) electrons. The minimum atomic E-state index is -0.464. The van der Waals surface area contributed by atoms with E-state index >= 15 is 0 Å². The molecular weight excluding hydrogens is 536 g/mol. The molecule has 41 heavy (non-hydrogen) atoms. The minimum Gasteiger partial charge on any atom is -0.490 e. The molecule has 4 aliphatic rings. The van der Waals surface area contributed by atoms with Crippen LogP contribution in [0.1, 0.15) is 52.1 Å². The Balaban J connectivity index is 1.16. The van der Waals surface area contributed by atoms with Crippen molar-refractivity contribution in [3.05, 3.63) is 129 Å². The molecule has 0 unspecified atom stereocenters. The fraction of sp³-hybridized carbons (Fsp3) is 0.206. The molecule has 8 rings (SSSR count). The van der Waals surface area contributed by atoms with Crippen molar-refractivity contribution in [2.75, 3.05) is 6.61 Å². The maximum absolute atomic E-state index is 13.8. The SMILES string of the molecule is CCOc1cc(/C=N\N2C(=O)[C@H]3C4c5ccccc5C(c5ccccc54)[C@@H]3C2=O)ccc1OCc1ccccc1Cl. The first-order valence-corrected chi connectivity index (χ1v) is 14.2. The number of hydrogen-bond acceptors (Lipinski definition) is 5. The number of carbonyl (C=O) groups is 2. The third kappa shape index (κ3) is 4.13. The van der Waals surface area contributed by atoms with Crippen LogP contribution in [0.4, 0.5) is 0 Å². The summed E-state index contributed by atoms with van der Waals surface area (Å²) >= 11 is 6.28. The Hall–Kier alpha value is -4.42. The lowest BCUT2D eigenvalue weighted by molar-refractivity contribution is -0.139. The molecule has 1 heterocycles. The van der Waals surface area contributed by atoms with Crippen LogP contribution >= 0.6 is 11.6 Å². The van der Waals surface area contributed by atoms with Gasteiger partial charge < -0.3 is 9.47 Å². The molecular formula is C34H27ClN2O4. The normalized spacial score (nSPS) is 22.0. The highest BCUT2D eigenvalue weighted by atomic mass is 35.5. The maximum Gasteiger partial charge on any atom is 0.254 e. The highest BCUT2D eigenvalue weighted by Crippen LogP contribution is 2.61. The third-order valence-corrected chi connectivity index (χ3v) is 8.72. The largest absolute Gasteiger partial charge is 0.490 e. The van der Waals surface area contributed by atoms with Gasteiger partial charge in [-0.2, -0.15) is 10.1 Å². The summed E-state index contributed by atoms with van der Waals surface area (Å²) in [6.07, 6.45) is 1.54. The molecule has 2 atom stereocenters. The van der Waals surface area contributed by atoms with Crippen LogP contribution in [0, 0.1) is 11.8 Å². The molecule has 6 nitrogen and oxygen atoms in total. The van der Waals surface area contributed by atoms with E-state index in [4.69, 9.17) is 21.1 Å². The van der Waals surface area contributed by atoms with E-state index in [9.17, 15) is 9.59 Å². The van der Waals surface area contributed by atoms with Gasteiger partial charge in [0.15, 0.2) is 11.5 Å². The van der Waals surface area contributed by atoms with Gasteiger partial charge in [0, 0.05) is 22.4 Å². The van der Waals surface area contributed by atoms with Crippen molar-refractivity contribution in [2.24, 2.45) is 16.9 Å². The summed E-state index contributed by atoms with van der Waals surface area (Å²) in [7, 11) is 0. The molecule has 1 aliphatic heterocycles. The van der Waals surface area contributed by atoms with Crippen molar-refractivity contribution < 1.29 is 19.1 Å². The smallest absolute Gasteiger partial charge is 0.254 e. The first kappa shape index (κ1) is 25.5. The van der Waals surface area contributed by atoms with Crippen LogP contribution < -0.4 is 9.47 Å². The molecule has 2 amide bonds. The lowest BCUT2D eigenvalue weighted by atomic mass is 9.55. The van der Waals surface area contributed by atoms with Gasteiger partial charge in [0.1, 0.15) is 6.61 Å². The second kappa shape index (κ2) is 10.2. The van der Waals surface area contributed by atoms with Gasteiger partial charge in [0.05, 0.1) is 24.7 Å². The van der Waals surface area contributed by atoms with E-state index in [1.54, 1.807) is 12.1 Å². The van der Waals surface area contributed by atoms with Gasteiger partial charge >= 0.3 is 0 Å². The zero-order valence-electron chi connectivity index (χ0n) is 22.4. The van der Waals surface area contributed by atoms with E-state index in [2.05, 4.69) is 29.4 Å². The Morgan fingerprint density at radius 3 is 1.88 bits per heavy atom. The summed E-state index contributed by atoms with van der Waals surface area (Å²) in [6.45, 7) is 2.63. The van der Waals surface area contributed by atoms with Crippen LogP contribution in [-0.2, 0) is 16.2 Å². The molecule has 204 valence electrons. The van der Waals surface area contributed by atoms with Crippen molar-refractivity contribution in [1.82, 2.24) is 5.01 Å². The van der Waals surface area contributed by atoms with E-state index < -0.39 is 11.8 Å². The topological polar surface area (TPSA) is 68.2 Å². The van der Waals surface area contributed by atoms with Crippen LogP contribution in [0.3, 0.4) is 0 Å². The number of ether oxygens (including phenoxy) is 2. The van der Waals surface area contributed by atoms with E-state index in [0.29, 0.717) is 35.3 Å². The number of rotatable bonds is 7. The average molecular weight is 563 g/mol. The molecule has 4 aromatic carbocycles. The van der Waals surface area contributed by atoms with E-state index in [1.165, 1.54) is 6.21 Å². The maximum atomic E-state index is 13.8. The van der Waals surface area contributed by atoms with Crippen molar-refractivity contribution in [1.29, 1.82) is 0 Å². The zero-order chi connectivity index (χ0) is 28.1. The second-order valence-electron chi connectivity index (χ2n) is 10.5. The monoisotopic (exact) mass is 562 g/mol. The molecule has 0 N–H and O–H groups in total. The van der Waals surface area contributed by atoms with Crippen molar-refractivity contribution in [3.63, 3.8) is 0 Å². The average Bonchev–Trinajstić information content (AvgIpc) is 3.26. The van der Waals surface area contributed by atoms with Crippen LogP contribution in [0.5, 0.6) is 11.5 Å². The van der Waals surface area contributed by atoms with E-state index in [0.717, 1.165) is 32.8 Å². The summed E-state index contributed by atoms with van der Waals surface area (Å²) in [5.74, 6) is -0.639. The van der Waals surface area contributed by atoms with Gasteiger partial charge in [-0.25, -0.2) is 0 Å². The standard InChI is InChI=1S/C34H27ClN2O4/c1-2-40-28-17-20(15-16-27(28)41-19-21-9-3-8-14-26(21)35)18-36-37-33(38)31-29-22-10-4-5-11-23(22)30(32(31)34(37)39)25-13-7-6-12-24(25)29/h3-18,29-32H,2,19H2,1H3/b36-18-/t29?,30?,31-,32-/m0/s1. The molecule has 4 aromatic rings. The zero-order valence-corrected chi connectivity index (χ0v) is 23.1. The number of hydrogen-bond donors (Lipinski definition) is 0. The van der Waals surface area contributed by atoms with E-state index in [1.807, 2.05) is 61.5 Å². The van der Waals surface area contributed by atoms with Crippen molar-refractivity contribution in [3.8, 4) is 11.5 Å². The molecule has 0 spiro atoms. The minimum absolute atomic E-state index is 0.159. The van der Waals surface area contributed by atoms with Gasteiger partial charge in [0.2, 0.25) is 0 Å². The molecule has 7 heteroatoms. The summed E-state index contributed by atoms with van der Waals surface area (Å²) in [6, 6.07) is 29.3. The molecule has 2 bridgehead atoms. The van der Waals surface area contributed by atoms with Crippen LogP contribution in [0.25, 0.3) is 0 Å². The number of carbonyl (C=O) groups excluding carboxylic acids is 2. The fourth-order valence-electron chi connectivity index (χ4n) is 6.66. The van der Waals surface area contributed by atoms with Gasteiger partial charge in [-0.05, 0) is 59.0 Å². The van der Waals surface area contributed by atoms with Gasteiger partial charge in [-0.1, -0.05) is 78.3 Å². The number of nitrogens with zero attached hydrogens (tertiary/aromatic N) is 2. The second-order valence-corrected chi connectivity index (χ2v) is 10.9. The highest BCUT2D eigenvalue weighted by molar-refractivity contribution is 6.31. The fourth-order valence-corrected chi connectivity index (χ4v) is 6.85. The first-order valence-electron chi connectivity index (χ1n) is 13.8. The Morgan fingerprint density at radius 2 is 1.32 bits per heavy atom. The summed E-state index contributed by atoms with van der Waals surface area (Å²) in [5.41, 5.74) is 6.10. The van der Waals surface area contributed by atoms with Crippen molar-refractivity contribution in [2.45, 2.75) is 25.4 Å². The number of benzene rings is 4. The Bertz CT molecular complexity index is 1600. The number of imide groups is 1. The lowest BCUT2D eigenvalue weighted by Crippen LogP contribution is -2.41. The molecule has 1 fully saturated rings. The van der Waals surface area contributed by atoms with E-state index in [-0.39, 0.29) is 23.7 Å². The number of hydrazone groups is 1. The summed E-state index contributed by atoms with van der Waals surface area (Å²) in [5, 5.41) is 6.15. The molecule has 1 saturated heterocycles. The predicted octanol–water partition coefficient (Wildman–Crippen LogP) is 6.54. The van der Waals surface area contributed by atoms with Gasteiger partial charge in [-0.15, -0.1) is 0 Å². The van der Waals surface area contributed by atoms with Crippen LogP contribution in [-0.4, -0.2) is 29.6 Å². The molecule has 3 aliphatic carbocycles. The predicted molar refractivity (Wildman–Crippen MR) is 156 cm³/mol. The lowest BCUT2D eigenvalue weighted by Gasteiger charge is -2.45. The van der Waals surface area contributed by atoms with Crippen molar-refractivity contribution >= 4 is 29.6 Å². The summed E-state index contributed by atoms with van der Waals surface area (Å²) < 4.78 is 11.8. The number of halogens is 1. The third-order valence-electron chi connectivity index (χ3n) is 8.36.